The zero-order valence-corrected chi connectivity index (χ0v) is 15.7. The summed E-state index contributed by atoms with van der Waals surface area (Å²) in [5.74, 6) is 0.160. The Balaban J connectivity index is 1.45. The van der Waals surface area contributed by atoms with Crippen LogP contribution in [0.1, 0.15) is 23.8 Å². The van der Waals surface area contributed by atoms with Gasteiger partial charge in [0, 0.05) is 23.8 Å². The monoisotopic (exact) mass is 387 g/mol. The molecule has 26 heavy (non-hydrogen) atoms. The topological polar surface area (TPSA) is 38.1 Å². The third-order valence-electron chi connectivity index (χ3n) is 4.46. The van der Waals surface area contributed by atoms with E-state index < -0.39 is 0 Å². The van der Waals surface area contributed by atoms with Crippen molar-refractivity contribution in [2.24, 2.45) is 0 Å². The lowest BCUT2D eigenvalue weighted by molar-refractivity contribution is -0.129. The molecule has 0 radical (unpaired) electrons. The number of likely N-dealkylation sites (tertiary alicyclic amines) is 1. The highest BCUT2D eigenvalue weighted by Gasteiger charge is 2.30. The Hall–Kier alpha value is -2.12. The molecule has 1 aliphatic heterocycles. The van der Waals surface area contributed by atoms with Gasteiger partial charge in [-0.25, -0.2) is 9.37 Å². The first-order chi connectivity index (χ1) is 12.7. The van der Waals surface area contributed by atoms with Crippen molar-refractivity contribution >= 4 is 29.0 Å². The first-order valence-electron chi connectivity index (χ1n) is 8.47. The summed E-state index contributed by atoms with van der Waals surface area (Å²) >= 11 is 3.10. The zero-order valence-electron chi connectivity index (χ0n) is 14.0. The molecule has 0 spiro atoms. The number of thioether (sulfide) groups is 1. The first kappa shape index (κ1) is 17.3. The Bertz CT molecular complexity index is 894. The van der Waals surface area contributed by atoms with Gasteiger partial charge in [0.15, 0.2) is 5.16 Å². The summed E-state index contributed by atoms with van der Waals surface area (Å²) in [7, 11) is 0. The van der Waals surface area contributed by atoms with Gasteiger partial charge in [-0.3, -0.25) is 9.36 Å². The maximum absolute atomic E-state index is 13.5. The van der Waals surface area contributed by atoms with E-state index in [4.69, 9.17) is 0 Å². The number of carbonyl (C=O) groups excluding carboxylic acids is 1. The summed E-state index contributed by atoms with van der Waals surface area (Å²) in [6.07, 6.45) is 5.51. The van der Waals surface area contributed by atoms with Crippen molar-refractivity contribution < 1.29 is 9.18 Å². The second kappa shape index (κ2) is 7.63. The predicted octanol–water partition coefficient (Wildman–Crippen LogP) is 4.53. The lowest BCUT2D eigenvalue weighted by Crippen LogP contribution is -2.31. The van der Waals surface area contributed by atoms with Crippen LogP contribution in [-0.2, 0) is 4.79 Å². The van der Waals surface area contributed by atoms with Crippen molar-refractivity contribution in [1.82, 2.24) is 14.5 Å². The number of benzene rings is 1. The fourth-order valence-corrected chi connectivity index (χ4v) is 5.00. The number of halogens is 1. The van der Waals surface area contributed by atoms with Gasteiger partial charge in [0.2, 0.25) is 5.91 Å². The number of rotatable bonds is 5. The van der Waals surface area contributed by atoms with Crippen LogP contribution in [0.3, 0.4) is 0 Å². The molecule has 0 saturated carbocycles. The number of amides is 1. The molecule has 1 saturated heterocycles. The van der Waals surface area contributed by atoms with E-state index >= 15 is 0 Å². The molecule has 1 amide bonds. The van der Waals surface area contributed by atoms with Crippen LogP contribution < -0.4 is 0 Å². The highest BCUT2D eigenvalue weighted by molar-refractivity contribution is 7.99. The number of hydrogen-bond acceptors (Lipinski definition) is 4. The van der Waals surface area contributed by atoms with Crippen LogP contribution >= 0.6 is 23.1 Å². The lowest BCUT2D eigenvalue weighted by atomic mass is 10.2. The van der Waals surface area contributed by atoms with Gasteiger partial charge in [-0.05, 0) is 42.5 Å². The van der Waals surface area contributed by atoms with E-state index in [-0.39, 0.29) is 17.8 Å². The Labute approximate surface area is 159 Å². The van der Waals surface area contributed by atoms with E-state index in [1.165, 1.54) is 28.8 Å². The molecule has 3 heterocycles. The molecule has 1 aromatic carbocycles. The summed E-state index contributed by atoms with van der Waals surface area (Å²) in [4.78, 5) is 20.3. The van der Waals surface area contributed by atoms with E-state index in [0.717, 1.165) is 19.4 Å². The molecule has 7 heteroatoms. The summed E-state index contributed by atoms with van der Waals surface area (Å²) in [6, 6.07) is 10.7. The average molecular weight is 388 g/mol. The Morgan fingerprint density at radius 3 is 3.08 bits per heavy atom. The molecule has 0 bridgehead atoms. The molecule has 1 fully saturated rings. The fraction of sp³-hybridized carbons (Fsp3) is 0.263. The van der Waals surface area contributed by atoms with E-state index in [2.05, 4.69) is 16.4 Å². The molecule has 0 aliphatic carbocycles. The largest absolute Gasteiger partial charge is 0.334 e. The van der Waals surface area contributed by atoms with Crippen molar-refractivity contribution in [3.63, 3.8) is 0 Å². The molecular weight excluding hydrogens is 369 g/mol. The van der Waals surface area contributed by atoms with Gasteiger partial charge in [0.05, 0.1) is 17.5 Å². The molecule has 4 rings (SSSR count). The maximum atomic E-state index is 13.5. The van der Waals surface area contributed by atoms with Crippen molar-refractivity contribution in [2.75, 3.05) is 12.3 Å². The van der Waals surface area contributed by atoms with Gasteiger partial charge in [0.25, 0.3) is 0 Å². The van der Waals surface area contributed by atoms with Gasteiger partial charge in [-0.15, -0.1) is 11.3 Å². The Morgan fingerprint density at radius 2 is 2.27 bits per heavy atom. The molecule has 134 valence electrons. The summed E-state index contributed by atoms with van der Waals surface area (Å²) in [6.45, 7) is 0.806. The molecule has 1 atom stereocenters. The molecule has 0 N–H and O–H groups in total. The number of thiophene rings is 1. The van der Waals surface area contributed by atoms with Crippen molar-refractivity contribution in [1.29, 1.82) is 0 Å². The quantitative estimate of drug-likeness (QED) is 0.604. The van der Waals surface area contributed by atoms with Crippen molar-refractivity contribution in [2.45, 2.75) is 24.0 Å². The lowest BCUT2D eigenvalue weighted by Gasteiger charge is -2.23. The molecular formula is C19H18FN3OS2. The number of aromatic nitrogens is 2. The summed E-state index contributed by atoms with van der Waals surface area (Å²) in [5.41, 5.74) is 0.704. The molecule has 4 nitrogen and oxygen atoms in total. The van der Waals surface area contributed by atoms with Crippen LogP contribution in [0, 0.1) is 5.82 Å². The van der Waals surface area contributed by atoms with Gasteiger partial charge in [0.1, 0.15) is 5.82 Å². The number of carbonyl (C=O) groups is 1. The molecule has 2 aromatic heterocycles. The van der Waals surface area contributed by atoms with Gasteiger partial charge in [-0.1, -0.05) is 23.9 Å². The fourth-order valence-electron chi connectivity index (χ4n) is 3.27. The van der Waals surface area contributed by atoms with Gasteiger partial charge >= 0.3 is 0 Å². The van der Waals surface area contributed by atoms with Crippen LogP contribution in [0.4, 0.5) is 4.39 Å². The Kier molecular flexibility index (Phi) is 5.08. The molecule has 1 unspecified atom stereocenters. The summed E-state index contributed by atoms with van der Waals surface area (Å²) < 4.78 is 15.3. The van der Waals surface area contributed by atoms with Crippen LogP contribution in [0.2, 0.25) is 0 Å². The maximum Gasteiger partial charge on any atom is 0.233 e. The minimum atomic E-state index is -0.293. The normalized spacial score (nSPS) is 17.0. The minimum absolute atomic E-state index is 0.125. The van der Waals surface area contributed by atoms with Gasteiger partial charge < -0.3 is 4.90 Å². The van der Waals surface area contributed by atoms with E-state index in [0.29, 0.717) is 16.6 Å². The van der Waals surface area contributed by atoms with Gasteiger partial charge in [-0.2, -0.15) is 0 Å². The van der Waals surface area contributed by atoms with Crippen LogP contribution in [0.15, 0.2) is 59.3 Å². The van der Waals surface area contributed by atoms with Crippen LogP contribution in [0.25, 0.3) is 5.69 Å². The SMILES string of the molecule is O=C(CSc1nccn1-c1cccc(F)c1)N1CCCC1c1cccs1. The summed E-state index contributed by atoms with van der Waals surface area (Å²) in [5, 5.41) is 2.75. The van der Waals surface area contributed by atoms with Crippen LogP contribution in [0.5, 0.6) is 0 Å². The van der Waals surface area contributed by atoms with E-state index in [1.807, 2.05) is 21.6 Å². The first-order valence-corrected chi connectivity index (χ1v) is 10.3. The number of nitrogens with zero attached hydrogens (tertiary/aromatic N) is 3. The second-order valence-corrected chi connectivity index (χ2v) is 8.03. The third kappa shape index (κ3) is 3.54. The molecule has 1 aliphatic rings. The van der Waals surface area contributed by atoms with Crippen molar-refractivity contribution in [3.05, 3.63) is 64.9 Å². The second-order valence-electron chi connectivity index (χ2n) is 6.11. The standard InChI is InChI=1S/C19H18FN3OS2/c20-14-4-1-5-15(12-14)22-10-8-21-19(22)26-13-18(24)23-9-2-6-16(23)17-7-3-11-25-17/h1,3-5,7-8,10-12,16H,2,6,9,13H2. The Morgan fingerprint density at radius 1 is 1.35 bits per heavy atom. The predicted molar refractivity (Wildman–Crippen MR) is 102 cm³/mol. The minimum Gasteiger partial charge on any atom is -0.334 e. The van der Waals surface area contributed by atoms with E-state index in [9.17, 15) is 9.18 Å². The number of imidazole rings is 1. The zero-order chi connectivity index (χ0) is 17.9. The highest BCUT2D eigenvalue weighted by atomic mass is 32.2. The number of hydrogen-bond donors (Lipinski definition) is 0. The average Bonchev–Trinajstić information content (AvgIpc) is 3.40. The highest BCUT2D eigenvalue weighted by Crippen LogP contribution is 2.35. The van der Waals surface area contributed by atoms with Crippen LogP contribution in [-0.4, -0.2) is 32.7 Å². The third-order valence-corrected chi connectivity index (χ3v) is 6.39. The molecule has 3 aromatic rings. The smallest absolute Gasteiger partial charge is 0.233 e. The van der Waals surface area contributed by atoms with Crippen molar-refractivity contribution in [3.8, 4) is 5.69 Å². The van der Waals surface area contributed by atoms with E-state index in [1.54, 1.807) is 29.8 Å².